The molecule has 7 heteroatoms. The van der Waals surface area contributed by atoms with Crippen LogP contribution in [0.4, 0.5) is 0 Å². The summed E-state index contributed by atoms with van der Waals surface area (Å²) >= 11 is 1.60. The summed E-state index contributed by atoms with van der Waals surface area (Å²) in [7, 11) is 1.60. The summed E-state index contributed by atoms with van der Waals surface area (Å²) in [4.78, 5) is 32.0. The van der Waals surface area contributed by atoms with Gasteiger partial charge in [0.15, 0.2) is 11.5 Å². The molecule has 0 bridgehead atoms. The van der Waals surface area contributed by atoms with Crippen molar-refractivity contribution < 1.29 is 19.1 Å². The minimum atomic E-state index is -0.665. The van der Waals surface area contributed by atoms with E-state index in [4.69, 9.17) is 9.47 Å². The number of methoxy groups -OCH3 is 1. The van der Waals surface area contributed by atoms with Gasteiger partial charge in [0.25, 0.3) is 5.91 Å². The molecule has 1 saturated heterocycles. The van der Waals surface area contributed by atoms with Crippen molar-refractivity contribution in [3.8, 4) is 11.5 Å². The Balaban J connectivity index is 1.67. The largest absolute Gasteiger partial charge is 0.493 e. The Morgan fingerprint density at radius 3 is 2.55 bits per heavy atom. The number of benzene rings is 1. The van der Waals surface area contributed by atoms with Gasteiger partial charge in [-0.15, -0.1) is 11.3 Å². The van der Waals surface area contributed by atoms with Crippen molar-refractivity contribution in [3.63, 3.8) is 0 Å². The maximum Gasteiger partial charge on any atom is 0.250 e. The van der Waals surface area contributed by atoms with Crippen LogP contribution in [0.3, 0.4) is 0 Å². The van der Waals surface area contributed by atoms with Crippen LogP contribution in [0.5, 0.6) is 11.5 Å². The van der Waals surface area contributed by atoms with Crippen LogP contribution in [0.15, 0.2) is 35.7 Å². The molecule has 4 rings (SSSR count). The Kier molecular flexibility index (Phi) is 7.58. The van der Waals surface area contributed by atoms with Crippen LogP contribution in [-0.2, 0) is 16.1 Å². The summed E-state index contributed by atoms with van der Waals surface area (Å²) in [5.41, 5.74) is 0.763. The number of piperazine rings is 1. The topological polar surface area (TPSA) is 59.1 Å². The van der Waals surface area contributed by atoms with E-state index < -0.39 is 6.04 Å². The van der Waals surface area contributed by atoms with Gasteiger partial charge in [-0.25, -0.2) is 0 Å². The van der Waals surface area contributed by atoms with Crippen LogP contribution < -0.4 is 9.47 Å². The molecule has 1 aliphatic carbocycles. The summed E-state index contributed by atoms with van der Waals surface area (Å²) in [5, 5.41) is 2.00. The van der Waals surface area contributed by atoms with E-state index >= 15 is 0 Å². The molecular formula is C26H34N2O4S. The predicted molar refractivity (Wildman–Crippen MR) is 130 cm³/mol. The third kappa shape index (κ3) is 5.18. The second-order valence-corrected chi connectivity index (χ2v) is 10.2. The molecule has 33 heavy (non-hydrogen) atoms. The summed E-state index contributed by atoms with van der Waals surface area (Å²) in [6.07, 6.45) is 5.02. The first-order valence-corrected chi connectivity index (χ1v) is 12.8. The molecule has 2 aliphatic rings. The first-order chi connectivity index (χ1) is 16.0. The minimum absolute atomic E-state index is 0.00287. The number of rotatable bonds is 8. The highest BCUT2D eigenvalue weighted by atomic mass is 32.1. The number of nitrogens with zero attached hydrogens (tertiary/aromatic N) is 2. The molecule has 2 aromatic rings. The number of hydrogen-bond donors (Lipinski definition) is 0. The number of hydrogen-bond acceptors (Lipinski definition) is 5. The van der Waals surface area contributed by atoms with Gasteiger partial charge in [-0.1, -0.05) is 26.0 Å². The zero-order chi connectivity index (χ0) is 23.4. The number of amides is 2. The summed E-state index contributed by atoms with van der Waals surface area (Å²) in [6, 6.07) is 9.07. The molecule has 1 saturated carbocycles. The Bertz CT molecular complexity index is 953. The number of ether oxygens (including phenoxy) is 2. The SMILES string of the molecule is CCCOc1ccc([C@@H]2C(=O)N(C3CCC(C)CC3)CC(=O)N2Cc2cccs2)cc1OC. The third-order valence-electron chi connectivity index (χ3n) is 6.75. The number of thiophene rings is 1. The van der Waals surface area contributed by atoms with Crippen LogP contribution in [0.1, 0.15) is 62.4 Å². The van der Waals surface area contributed by atoms with Crippen molar-refractivity contribution in [2.45, 2.75) is 64.6 Å². The Morgan fingerprint density at radius 2 is 1.88 bits per heavy atom. The summed E-state index contributed by atoms with van der Waals surface area (Å²) in [6.45, 7) is 5.50. The van der Waals surface area contributed by atoms with Gasteiger partial charge in [0.05, 0.1) is 20.3 Å². The molecule has 2 amide bonds. The van der Waals surface area contributed by atoms with Crippen LogP contribution >= 0.6 is 11.3 Å². The van der Waals surface area contributed by atoms with E-state index in [-0.39, 0.29) is 24.4 Å². The normalized spacial score (nSPS) is 23.7. The van der Waals surface area contributed by atoms with Gasteiger partial charge in [-0.05, 0) is 67.2 Å². The molecule has 2 fully saturated rings. The van der Waals surface area contributed by atoms with E-state index in [0.717, 1.165) is 42.5 Å². The molecule has 0 spiro atoms. The summed E-state index contributed by atoms with van der Waals surface area (Å²) in [5.74, 6) is 1.93. The lowest BCUT2D eigenvalue weighted by atomic mass is 9.85. The fraction of sp³-hybridized carbons (Fsp3) is 0.538. The Hall–Kier alpha value is -2.54. The van der Waals surface area contributed by atoms with Gasteiger partial charge in [0, 0.05) is 10.9 Å². The second-order valence-electron chi connectivity index (χ2n) is 9.14. The fourth-order valence-corrected chi connectivity index (χ4v) is 5.57. The van der Waals surface area contributed by atoms with Gasteiger partial charge in [-0.3, -0.25) is 9.59 Å². The smallest absolute Gasteiger partial charge is 0.250 e. The van der Waals surface area contributed by atoms with Gasteiger partial charge >= 0.3 is 0 Å². The average Bonchev–Trinajstić information content (AvgIpc) is 3.34. The van der Waals surface area contributed by atoms with E-state index in [9.17, 15) is 9.59 Å². The fourth-order valence-electron chi connectivity index (χ4n) is 4.87. The zero-order valence-corrected chi connectivity index (χ0v) is 20.6. The van der Waals surface area contributed by atoms with Gasteiger partial charge in [0.2, 0.25) is 5.91 Å². The third-order valence-corrected chi connectivity index (χ3v) is 7.61. The van der Waals surface area contributed by atoms with Crippen molar-refractivity contribution in [2.24, 2.45) is 5.92 Å². The standard InChI is InChI=1S/C26H34N2O4S/c1-4-13-32-22-12-9-19(15-23(22)31-3)25-26(30)27(20-10-7-18(2)8-11-20)17-24(29)28(25)16-21-6-5-14-33-21/h5-6,9,12,14-15,18,20,25H,4,7-8,10-11,13,16-17H2,1-3H3/t18?,20?,25-/m1/s1. The molecular weight excluding hydrogens is 436 g/mol. The quantitative estimate of drug-likeness (QED) is 0.543. The molecule has 1 atom stereocenters. The Labute approximate surface area is 200 Å². The molecule has 1 aromatic carbocycles. The van der Waals surface area contributed by atoms with Crippen molar-refractivity contribution in [1.29, 1.82) is 0 Å². The van der Waals surface area contributed by atoms with E-state index in [1.807, 2.05) is 40.6 Å². The number of carbonyl (C=O) groups is 2. The first kappa shape index (κ1) is 23.6. The highest BCUT2D eigenvalue weighted by Gasteiger charge is 2.43. The van der Waals surface area contributed by atoms with Gasteiger partial charge in [-0.2, -0.15) is 0 Å². The lowest BCUT2D eigenvalue weighted by molar-refractivity contribution is -0.160. The van der Waals surface area contributed by atoms with Gasteiger partial charge < -0.3 is 19.3 Å². The van der Waals surface area contributed by atoms with Gasteiger partial charge in [0.1, 0.15) is 12.6 Å². The molecule has 1 aromatic heterocycles. The van der Waals surface area contributed by atoms with E-state index in [2.05, 4.69) is 13.8 Å². The second kappa shape index (κ2) is 10.6. The minimum Gasteiger partial charge on any atom is -0.493 e. The highest BCUT2D eigenvalue weighted by molar-refractivity contribution is 7.09. The lowest BCUT2D eigenvalue weighted by Crippen LogP contribution is -2.58. The van der Waals surface area contributed by atoms with E-state index in [1.54, 1.807) is 23.3 Å². The van der Waals surface area contributed by atoms with Crippen molar-refractivity contribution in [2.75, 3.05) is 20.3 Å². The van der Waals surface area contributed by atoms with Crippen LogP contribution in [0, 0.1) is 5.92 Å². The molecule has 0 radical (unpaired) electrons. The maximum atomic E-state index is 13.9. The van der Waals surface area contributed by atoms with Crippen molar-refractivity contribution >= 4 is 23.2 Å². The van der Waals surface area contributed by atoms with E-state index in [0.29, 0.717) is 30.6 Å². The van der Waals surface area contributed by atoms with Crippen molar-refractivity contribution in [1.82, 2.24) is 9.80 Å². The van der Waals surface area contributed by atoms with Crippen LogP contribution in [0.2, 0.25) is 0 Å². The highest BCUT2D eigenvalue weighted by Crippen LogP contribution is 2.38. The summed E-state index contributed by atoms with van der Waals surface area (Å²) < 4.78 is 11.4. The van der Waals surface area contributed by atoms with E-state index in [1.165, 1.54) is 0 Å². The first-order valence-electron chi connectivity index (χ1n) is 11.9. The van der Waals surface area contributed by atoms with Crippen molar-refractivity contribution in [3.05, 3.63) is 46.2 Å². The predicted octanol–water partition coefficient (Wildman–Crippen LogP) is 5.04. The molecule has 178 valence electrons. The Morgan fingerprint density at radius 1 is 1.09 bits per heavy atom. The molecule has 1 aliphatic heterocycles. The average molecular weight is 471 g/mol. The maximum absolute atomic E-state index is 13.9. The number of carbonyl (C=O) groups excluding carboxylic acids is 2. The zero-order valence-electron chi connectivity index (χ0n) is 19.8. The van der Waals surface area contributed by atoms with Crippen LogP contribution in [0.25, 0.3) is 0 Å². The lowest BCUT2D eigenvalue weighted by Gasteiger charge is -2.45. The monoisotopic (exact) mass is 470 g/mol. The molecule has 0 unspecified atom stereocenters. The molecule has 6 nitrogen and oxygen atoms in total. The molecule has 2 heterocycles. The van der Waals surface area contributed by atoms with Crippen LogP contribution in [-0.4, -0.2) is 47.9 Å². The molecule has 0 N–H and O–H groups in total.